The first kappa shape index (κ1) is 19.8. The zero-order chi connectivity index (χ0) is 19.6. The van der Waals surface area contributed by atoms with Gasteiger partial charge < -0.3 is 10.2 Å². The summed E-state index contributed by atoms with van der Waals surface area (Å²) in [5.41, 5.74) is 3.32. The Bertz CT molecular complexity index is 836. The number of nitrogens with one attached hydrogen (secondary N) is 1. The smallest absolute Gasteiger partial charge is 0.225 e. The third-order valence-electron chi connectivity index (χ3n) is 4.72. The van der Waals surface area contributed by atoms with E-state index in [2.05, 4.69) is 59.5 Å². The minimum atomic E-state index is 0.697. The van der Waals surface area contributed by atoms with Gasteiger partial charge in [0.2, 0.25) is 5.95 Å². The monoisotopic (exact) mass is 375 g/mol. The van der Waals surface area contributed by atoms with Crippen molar-refractivity contribution in [3.63, 3.8) is 0 Å². The van der Waals surface area contributed by atoms with E-state index < -0.39 is 0 Å². The molecule has 146 valence electrons. The third-order valence-corrected chi connectivity index (χ3v) is 4.72. The maximum Gasteiger partial charge on any atom is 0.225 e. The molecule has 0 fully saturated rings. The molecule has 0 saturated heterocycles. The summed E-state index contributed by atoms with van der Waals surface area (Å²) in [6, 6.07) is 16.5. The molecule has 2 aromatic heterocycles. The standard InChI is InChI=1S/C23H29N5/c1-3-4-8-14-25-23-26-21(20-9-6-5-7-10-20)18-22(27-23)28(2)17-13-19-11-15-24-16-12-19/h5-7,9-12,15-16,18H,3-4,8,13-14,17H2,1-2H3,(H,25,26,27). The van der Waals surface area contributed by atoms with Crippen molar-refractivity contribution in [3.8, 4) is 11.3 Å². The molecule has 0 amide bonds. The fraction of sp³-hybridized carbons (Fsp3) is 0.348. The van der Waals surface area contributed by atoms with Crippen molar-refractivity contribution in [1.29, 1.82) is 0 Å². The number of anilines is 2. The number of rotatable bonds is 10. The van der Waals surface area contributed by atoms with Gasteiger partial charge in [0.25, 0.3) is 0 Å². The summed E-state index contributed by atoms with van der Waals surface area (Å²) in [5.74, 6) is 1.63. The zero-order valence-corrected chi connectivity index (χ0v) is 16.8. The van der Waals surface area contributed by atoms with Crippen molar-refractivity contribution in [2.24, 2.45) is 0 Å². The highest BCUT2D eigenvalue weighted by Gasteiger charge is 2.10. The van der Waals surface area contributed by atoms with Crippen LogP contribution >= 0.6 is 0 Å². The van der Waals surface area contributed by atoms with Gasteiger partial charge >= 0.3 is 0 Å². The summed E-state index contributed by atoms with van der Waals surface area (Å²) < 4.78 is 0. The summed E-state index contributed by atoms with van der Waals surface area (Å²) in [4.78, 5) is 15.8. The van der Waals surface area contributed by atoms with Gasteiger partial charge in [0.05, 0.1) is 5.69 Å². The van der Waals surface area contributed by atoms with Crippen molar-refractivity contribution in [3.05, 3.63) is 66.5 Å². The van der Waals surface area contributed by atoms with Crippen LogP contribution in [-0.2, 0) is 6.42 Å². The summed E-state index contributed by atoms with van der Waals surface area (Å²) >= 11 is 0. The molecule has 28 heavy (non-hydrogen) atoms. The van der Waals surface area contributed by atoms with Crippen LogP contribution in [0.15, 0.2) is 60.9 Å². The molecule has 0 saturated carbocycles. The fourth-order valence-corrected chi connectivity index (χ4v) is 3.00. The largest absolute Gasteiger partial charge is 0.359 e. The first-order chi connectivity index (χ1) is 13.8. The van der Waals surface area contributed by atoms with Crippen LogP contribution in [0.4, 0.5) is 11.8 Å². The highest BCUT2D eigenvalue weighted by Crippen LogP contribution is 2.23. The molecule has 0 spiro atoms. The van der Waals surface area contributed by atoms with Gasteiger partial charge in [-0.2, -0.15) is 4.98 Å². The average Bonchev–Trinajstić information content (AvgIpc) is 2.76. The SMILES string of the molecule is CCCCCNc1nc(-c2ccccc2)cc(N(C)CCc2ccncc2)n1. The summed E-state index contributed by atoms with van der Waals surface area (Å²) in [6.45, 7) is 3.99. The van der Waals surface area contributed by atoms with Gasteiger partial charge in [-0.15, -0.1) is 0 Å². The van der Waals surface area contributed by atoms with Gasteiger partial charge in [0.1, 0.15) is 5.82 Å². The number of aromatic nitrogens is 3. The third kappa shape index (κ3) is 5.78. The van der Waals surface area contributed by atoms with Crippen LogP contribution < -0.4 is 10.2 Å². The molecule has 0 bridgehead atoms. The number of hydrogen-bond acceptors (Lipinski definition) is 5. The van der Waals surface area contributed by atoms with Crippen LogP contribution in [0, 0.1) is 0 Å². The molecule has 0 aliphatic rings. The minimum Gasteiger partial charge on any atom is -0.359 e. The molecule has 0 aliphatic carbocycles. The molecule has 0 radical (unpaired) electrons. The second kappa shape index (κ2) is 10.4. The van der Waals surface area contributed by atoms with E-state index in [1.54, 1.807) is 0 Å². The Morgan fingerprint density at radius 1 is 0.964 bits per heavy atom. The summed E-state index contributed by atoms with van der Waals surface area (Å²) in [6.07, 6.45) is 8.17. The van der Waals surface area contributed by atoms with Crippen LogP contribution in [0.1, 0.15) is 31.7 Å². The van der Waals surface area contributed by atoms with Gasteiger partial charge in [-0.1, -0.05) is 50.1 Å². The normalized spacial score (nSPS) is 10.6. The van der Waals surface area contributed by atoms with E-state index in [4.69, 9.17) is 9.97 Å². The van der Waals surface area contributed by atoms with Crippen LogP contribution in [0.3, 0.4) is 0 Å². The molecule has 3 aromatic rings. The predicted molar refractivity (Wildman–Crippen MR) is 117 cm³/mol. The van der Waals surface area contributed by atoms with Crippen molar-refractivity contribution in [2.75, 3.05) is 30.4 Å². The number of nitrogens with zero attached hydrogens (tertiary/aromatic N) is 4. The Morgan fingerprint density at radius 2 is 1.75 bits per heavy atom. The van der Waals surface area contributed by atoms with Crippen molar-refractivity contribution in [2.45, 2.75) is 32.6 Å². The second-order valence-corrected chi connectivity index (χ2v) is 6.96. The molecule has 0 unspecified atom stereocenters. The Kier molecular flexibility index (Phi) is 7.36. The molecule has 5 heteroatoms. The Hall–Kier alpha value is -2.95. The van der Waals surface area contributed by atoms with Crippen LogP contribution in [0.2, 0.25) is 0 Å². The fourth-order valence-electron chi connectivity index (χ4n) is 3.00. The first-order valence-corrected chi connectivity index (χ1v) is 10.0. The highest BCUT2D eigenvalue weighted by atomic mass is 15.2. The molecule has 0 atom stereocenters. The minimum absolute atomic E-state index is 0.697. The van der Waals surface area contributed by atoms with Crippen molar-refractivity contribution < 1.29 is 0 Å². The molecular weight excluding hydrogens is 346 g/mol. The van der Waals surface area contributed by atoms with E-state index in [0.717, 1.165) is 43.0 Å². The molecule has 1 N–H and O–H groups in total. The van der Waals surface area contributed by atoms with E-state index in [1.165, 1.54) is 18.4 Å². The molecule has 0 aliphatic heterocycles. The Labute approximate surface area is 167 Å². The average molecular weight is 376 g/mol. The summed E-state index contributed by atoms with van der Waals surface area (Å²) in [7, 11) is 2.08. The van der Waals surface area contributed by atoms with Gasteiger partial charge in [0.15, 0.2) is 0 Å². The lowest BCUT2D eigenvalue weighted by atomic mass is 10.1. The number of likely N-dealkylation sites (N-methyl/N-ethyl adjacent to an activating group) is 1. The quantitative estimate of drug-likeness (QED) is 0.515. The molecule has 3 rings (SSSR count). The van der Waals surface area contributed by atoms with Crippen LogP contribution in [0.5, 0.6) is 0 Å². The van der Waals surface area contributed by atoms with E-state index in [9.17, 15) is 0 Å². The summed E-state index contributed by atoms with van der Waals surface area (Å²) in [5, 5.41) is 3.40. The van der Waals surface area contributed by atoms with E-state index >= 15 is 0 Å². The van der Waals surface area contributed by atoms with Gasteiger partial charge in [-0.3, -0.25) is 4.98 Å². The van der Waals surface area contributed by atoms with Crippen molar-refractivity contribution in [1.82, 2.24) is 15.0 Å². The number of unbranched alkanes of at least 4 members (excludes halogenated alkanes) is 2. The lowest BCUT2D eigenvalue weighted by Gasteiger charge is -2.20. The maximum absolute atomic E-state index is 4.76. The molecule has 2 heterocycles. The van der Waals surface area contributed by atoms with Crippen LogP contribution in [0.25, 0.3) is 11.3 Å². The van der Waals surface area contributed by atoms with Gasteiger partial charge in [0, 0.05) is 44.2 Å². The first-order valence-electron chi connectivity index (χ1n) is 10.0. The van der Waals surface area contributed by atoms with E-state index in [-0.39, 0.29) is 0 Å². The second-order valence-electron chi connectivity index (χ2n) is 6.96. The zero-order valence-electron chi connectivity index (χ0n) is 16.8. The lowest BCUT2D eigenvalue weighted by Crippen LogP contribution is -2.22. The topological polar surface area (TPSA) is 53.9 Å². The Morgan fingerprint density at radius 3 is 2.50 bits per heavy atom. The molecule has 5 nitrogen and oxygen atoms in total. The van der Waals surface area contributed by atoms with Gasteiger partial charge in [-0.25, -0.2) is 4.98 Å². The van der Waals surface area contributed by atoms with E-state index in [0.29, 0.717) is 5.95 Å². The Balaban J connectivity index is 1.77. The number of pyridine rings is 1. The van der Waals surface area contributed by atoms with Crippen LogP contribution in [-0.4, -0.2) is 35.1 Å². The lowest BCUT2D eigenvalue weighted by molar-refractivity contribution is 0.740. The van der Waals surface area contributed by atoms with Crippen molar-refractivity contribution >= 4 is 11.8 Å². The number of hydrogen-bond donors (Lipinski definition) is 1. The molecular formula is C23H29N5. The molecule has 1 aromatic carbocycles. The van der Waals surface area contributed by atoms with E-state index in [1.807, 2.05) is 30.6 Å². The number of benzene rings is 1. The predicted octanol–water partition coefficient (Wildman–Crippen LogP) is 4.82. The maximum atomic E-state index is 4.76. The van der Waals surface area contributed by atoms with Gasteiger partial charge in [-0.05, 0) is 30.5 Å². The highest BCUT2D eigenvalue weighted by molar-refractivity contribution is 5.64.